The molecule has 0 N–H and O–H groups in total. The third-order valence-corrected chi connectivity index (χ3v) is 7.80. The molecule has 1 aliphatic heterocycles. The highest BCUT2D eigenvalue weighted by molar-refractivity contribution is 7.99. The largest absolute Gasteiger partial charge is 0.452 e. The normalized spacial score (nSPS) is 12.8. The molecule has 3 aromatic carbocycles. The van der Waals surface area contributed by atoms with Gasteiger partial charge in [-0.05, 0) is 42.5 Å². The third-order valence-electron chi connectivity index (χ3n) is 4.86. The molecule has 0 saturated carbocycles. The summed E-state index contributed by atoms with van der Waals surface area (Å²) in [6, 6.07) is 20.6. The second-order valence-corrected chi connectivity index (χ2v) is 10.4. The number of sulfonamides is 1. The number of ether oxygens (including phenoxy) is 1. The number of esters is 1. The van der Waals surface area contributed by atoms with Gasteiger partial charge in [0.2, 0.25) is 10.0 Å². The number of amides is 1. The van der Waals surface area contributed by atoms with E-state index in [9.17, 15) is 18.0 Å². The minimum atomic E-state index is -3.70. The van der Waals surface area contributed by atoms with Gasteiger partial charge in [-0.15, -0.1) is 0 Å². The van der Waals surface area contributed by atoms with E-state index in [1.807, 2.05) is 48.5 Å². The molecule has 0 aliphatic carbocycles. The Hall–Kier alpha value is -3.14. The van der Waals surface area contributed by atoms with Gasteiger partial charge in [-0.2, -0.15) is 0 Å². The predicted octanol–water partition coefficient (Wildman–Crippen LogP) is 3.92. The van der Waals surface area contributed by atoms with Gasteiger partial charge in [0.15, 0.2) is 6.61 Å². The number of nitrogens with zero attached hydrogens (tertiary/aromatic N) is 2. The van der Waals surface area contributed by atoms with Gasteiger partial charge >= 0.3 is 5.97 Å². The van der Waals surface area contributed by atoms with E-state index in [-0.39, 0.29) is 10.5 Å². The molecule has 164 valence electrons. The van der Waals surface area contributed by atoms with Crippen molar-refractivity contribution in [2.75, 3.05) is 25.6 Å². The van der Waals surface area contributed by atoms with Crippen LogP contribution in [-0.2, 0) is 19.6 Å². The molecule has 4 rings (SSSR count). The number of fused-ring (bicyclic) bond motifs is 2. The highest BCUT2D eigenvalue weighted by Crippen LogP contribution is 2.47. The van der Waals surface area contributed by atoms with E-state index >= 15 is 0 Å². The van der Waals surface area contributed by atoms with E-state index < -0.39 is 28.5 Å². The Bertz CT molecular complexity index is 1260. The smallest absolute Gasteiger partial charge is 0.338 e. The summed E-state index contributed by atoms with van der Waals surface area (Å²) in [6.45, 7) is -0.489. The molecule has 0 fully saturated rings. The first kappa shape index (κ1) is 22.1. The maximum Gasteiger partial charge on any atom is 0.338 e. The molecule has 1 amide bonds. The molecule has 0 aromatic heterocycles. The summed E-state index contributed by atoms with van der Waals surface area (Å²) in [5.74, 6) is -1.18. The third kappa shape index (κ3) is 4.14. The zero-order chi connectivity index (χ0) is 22.9. The van der Waals surface area contributed by atoms with Crippen LogP contribution in [-0.4, -0.2) is 45.3 Å². The summed E-state index contributed by atoms with van der Waals surface area (Å²) < 4.78 is 31.0. The summed E-state index contributed by atoms with van der Waals surface area (Å²) in [5, 5.41) is 0. The maximum atomic E-state index is 13.1. The maximum absolute atomic E-state index is 13.1. The second kappa shape index (κ2) is 8.78. The first-order chi connectivity index (χ1) is 15.3. The van der Waals surface area contributed by atoms with E-state index in [4.69, 9.17) is 4.74 Å². The minimum absolute atomic E-state index is 0.0285. The number of para-hydroxylation sites is 2. The molecule has 32 heavy (non-hydrogen) atoms. The van der Waals surface area contributed by atoms with Crippen molar-refractivity contribution in [2.45, 2.75) is 14.7 Å². The lowest BCUT2D eigenvalue weighted by Gasteiger charge is -2.30. The van der Waals surface area contributed by atoms with Gasteiger partial charge in [-0.25, -0.2) is 17.5 Å². The molecular weight excluding hydrogens is 448 g/mol. The number of anilines is 2. The lowest BCUT2D eigenvalue weighted by Crippen LogP contribution is -2.32. The lowest BCUT2D eigenvalue weighted by atomic mass is 10.2. The number of hydrogen-bond acceptors (Lipinski definition) is 6. The van der Waals surface area contributed by atoms with E-state index in [0.29, 0.717) is 0 Å². The Morgan fingerprint density at radius 1 is 0.906 bits per heavy atom. The van der Waals surface area contributed by atoms with Crippen molar-refractivity contribution < 1.29 is 22.7 Å². The van der Waals surface area contributed by atoms with Gasteiger partial charge in [-0.1, -0.05) is 42.1 Å². The van der Waals surface area contributed by atoms with Crippen molar-refractivity contribution in [2.24, 2.45) is 0 Å². The highest BCUT2D eigenvalue weighted by Gasteiger charge is 2.28. The van der Waals surface area contributed by atoms with Gasteiger partial charge in [-0.3, -0.25) is 9.69 Å². The number of hydrogen-bond donors (Lipinski definition) is 0. The number of benzene rings is 3. The van der Waals surface area contributed by atoms with Crippen LogP contribution in [0.2, 0.25) is 0 Å². The van der Waals surface area contributed by atoms with Crippen molar-refractivity contribution in [3.8, 4) is 0 Å². The van der Waals surface area contributed by atoms with Crippen LogP contribution >= 0.6 is 11.8 Å². The van der Waals surface area contributed by atoms with Crippen molar-refractivity contribution in [3.63, 3.8) is 0 Å². The Balaban J connectivity index is 1.55. The molecule has 7 nitrogen and oxygen atoms in total. The van der Waals surface area contributed by atoms with Gasteiger partial charge in [0, 0.05) is 23.9 Å². The molecule has 0 bridgehead atoms. The summed E-state index contributed by atoms with van der Waals surface area (Å²) in [6.07, 6.45) is 0. The molecule has 0 radical (unpaired) electrons. The second-order valence-electron chi connectivity index (χ2n) is 7.16. The number of rotatable bonds is 5. The average Bonchev–Trinajstić information content (AvgIpc) is 2.80. The molecule has 9 heteroatoms. The Morgan fingerprint density at radius 2 is 1.50 bits per heavy atom. The van der Waals surface area contributed by atoms with E-state index in [1.54, 1.807) is 16.7 Å². The fraction of sp³-hybridized carbons (Fsp3) is 0.130. The molecule has 0 atom stereocenters. The van der Waals surface area contributed by atoms with Crippen LogP contribution in [0.1, 0.15) is 10.4 Å². The van der Waals surface area contributed by atoms with Crippen LogP contribution < -0.4 is 4.90 Å². The zero-order valence-electron chi connectivity index (χ0n) is 17.4. The quantitative estimate of drug-likeness (QED) is 0.528. The minimum Gasteiger partial charge on any atom is -0.452 e. The van der Waals surface area contributed by atoms with Crippen LogP contribution in [0.25, 0.3) is 0 Å². The fourth-order valence-electron chi connectivity index (χ4n) is 3.24. The molecule has 0 saturated heterocycles. The van der Waals surface area contributed by atoms with Gasteiger partial charge in [0.1, 0.15) is 0 Å². The average molecular weight is 469 g/mol. The van der Waals surface area contributed by atoms with Gasteiger partial charge in [0.05, 0.1) is 21.8 Å². The van der Waals surface area contributed by atoms with Crippen molar-refractivity contribution >= 4 is 45.0 Å². The molecule has 1 aliphatic rings. The van der Waals surface area contributed by atoms with Crippen LogP contribution in [0.4, 0.5) is 11.4 Å². The standard InChI is InChI=1S/C23H20N2O5S2/c1-24(2)32(28,29)17-9-7-8-16(14-17)23(27)30-15-22(26)25-18-10-3-5-12-20(18)31-21-13-6-4-11-19(21)25/h3-14H,15H2,1-2H3. The molecule has 0 unspecified atom stereocenters. The SMILES string of the molecule is CN(C)S(=O)(=O)c1cccc(C(=O)OCC(=O)N2c3ccccc3Sc3ccccc32)c1. The van der Waals surface area contributed by atoms with Gasteiger partial charge in [0.25, 0.3) is 5.91 Å². The van der Waals surface area contributed by atoms with Crippen molar-refractivity contribution in [1.82, 2.24) is 4.31 Å². The highest BCUT2D eigenvalue weighted by atomic mass is 32.2. The van der Waals surface area contributed by atoms with E-state index in [2.05, 4.69) is 0 Å². The van der Waals surface area contributed by atoms with Crippen LogP contribution in [0, 0.1) is 0 Å². The summed E-state index contributed by atoms with van der Waals surface area (Å²) in [7, 11) is -0.884. The number of carbonyl (C=O) groups is 2. The zero-order valence-corrected chi connectivity index (χ0v) is 19.0. The summed E-state index contributed by atoms with van der Waals surface area (Å²) in [4.78, 5) is 29.0. The van der Waals surface area contributed by atoms with Crippen LogP contribution in [0.15, 0.2) is 87.5 Å². The van der Waals surface area contributed by atoms with Crippen molar-refractivity contribution in [3.05, 3.63) is 78.4 Å². The summed E-state index contributed by atoms with van der Waals surface area (Å²) in [5.41, 5.74) is 1.49. The monoisotopic (exact) mass is 468 g/mol. The van der Waals surface area contributed by atoms with Crippen LogP contribution in [0.3, 0.4) is 0 Å². The Labute approximate surface area is 190 Å². The first-order valence-electron chi connectivity index (χ1n) is 9.67. The molecular formula is C23H20N2O5S2. The number of carbonyl (C=O) groups excluding carboxylic acids is 2. The fourth-order valence-corrected chi connectivity index (χ4v) is 5.25. The molecule has 3 aromatic rings. The Morgan fingerprint density at radius 3 is 2.09 bits per heavy atom. The van der Waals surface area contributed by atoms with Crippen molar-refractivity contribution in [1.29, 1.82) is 0 Å². The summed E-state index contributed by atoms with van der Waals surface area (Å²) >= 11 is 1.57. The first-order valence-corrected chi connectivity index (χ1v) is 11.9. The van der Waals surface area contributed by atoms with E-state index in [0.717, 1.165) is 25.5 Å². The lowest BCUT2D eigenvalue weighted by molar-refractivity contribution is -0.121. The van der Waals surface area contributed by atoms with Crippen LogP contribution in [0.5, 0.6) is 0 Å². The molecule has 1 heterocycles. The Kier molecular flexibility index (Phi) is 6.05. The molecule has 0 spiro atoms. The van der Waals surface area contributed by atoms with E-state index in [1.165, 1.54) is 38.4 Å². The predicted molar refractivity (Wildman–Crippen MR) is 122 cm³/mol. The topological polar surface area (TPSA) is 84.0 Å². The van der Waals surface area contributed by atoms with Gasteiger partial charge < -0.3 is 4.74 Å².